The minimum Gasteiger partial charge on any atom is -0.330 e. The molecule has 1 aromatic heterocycles. The van der Waals surface area contributed by atoms with Crippen LogP contribution < -0.4 is 10.6 Å². The van der Waals surface area contributed by atoms with Crippen LogP contribution in [0.25, 0.3) is 0 Å². The molecule has 100 valence electrons. The van der Waals surface area contributed by atoms with Crippen LogP contribution in [-0.4, -0.2) is 28.8 Å². The highest BCUT2D eigenvalue weighted by molar-refractivity contribution is 5.94. The number of aromatic nitrogens is 2. The molecule has 2 heterocycles. The average Bonchev–Trinajstić information content (AvgIpc) is 2.94. The van der Waals surface area contributed by atoms with Crippen molar-refractivity contribution in [2.45, 2.75) is 39.2 Å². The molecule has 0 radical (unpaired) electrons. The lowest BCUT2D eigenvalue weighted by Crippen LogP contribution is -2.29. The Morgan fingerprint density at radius 3 is 3.00 bits per heavy atom. The van der Waals surface area contributed by atoms with Crippen LogP contribution in [0.3, 0.4) is 0 Å². The SMILES string of the molecule is CCCC(C)n1nccc1N1CC(CN)CC1=O. The molecule has 1 aliphatic heterocycles. The maximum absolute atomic E-state index is 12.0. The van der Waals surface area contributed by atoms with Crippen molar-refractivity contribution in [1.82, 2.24) is 9.78 Å². The molecule has 5 nitrogen and oxygen atoms in total. The van der Waals surface area contributed by atoms with E-state index in [0.717, 1.165) is 25.2 Å². The molecule has 0 spiro atoms. The van der Waals surface area contributed by atoms with Crippen LogP contribution in [0.5, 0.6) is 0 Å². The number of carbonyl (C=O) groups is 1. The summed E-state index contributed by atoms with van der Waals surface area (Å²) in [4.78, 5) is 13.8. The highest BCUT2D eigenvalue weighted by Gasteiger charge is 2.31. The van der Waals surface area contributed by atoms with E-state index in [4.69, 9.17) is 5.73 Å². The number of nitrogens with zero attached hydrogens (tertiary/aromatic N) is 3. The summed E-state index contributed by atoms with van der Waals surface area (Å²) in [5.74, 6) is 1.36. The molecular formula is C13H22N4O. The van der Waals surface area contributed by atoms with Crippen LogP contribution in [0.1, 0.15) is 39.2 Å². The van der Waals surface area contributed by atoms with E-state index in [9.17, 15) is 4.79 Å². The van der Waals surface area contributed by atoms with E-state index < -0.39 is 0 Å². The van der Waals surface area contributed by atoms with Crippen LogP contribution in [0, 0.1) is 5.92 Å². The maximum Gasteiger partial charge on any atom is 0.228 e. The highest BCUT2D eigenvalue weighted by atomic mass is 16.2. The standard InChI is InChI=1S/C13H22N4O/c1-3-4-10(2)17-12(5-6-15-17)16-9-11(8-14)7-13(16)18/h5-6,10-11H,3-4,7-9,14H2,1-2H3. The van der Waals surface area contributed by atoms with Crippen molar-refractivity contribution in [2.75, 3.05) is 18.0 Å². The van der Waals surface area contributed by atoms with Gasteiger partial charge in [-0.15, -0.1) is 0 Å². The molecule has 1 saturated heterocycles. The molecule has 18 heavy (non-hydrogen) atoms. The van der Waals surface area contributed by atoms with E-state index in [1.54, 1.807) is 6.20 Å². The summed E-state index contributed by atoms with van der Waals surface area (Å²) in [6.07, 6.45) is 4.51. The van der Waals surface area contributed by atoms with Crippen molar-refractivity contribution in [3.05, 3.63) is 12.3 Å². The zero-order chi connectivity index (χ0) is 13.1. The van der Waals surface area contributed by atoms with E-state index in [2.05, 4.69) is 18.9 Å². The van der Waals surface area contributed by atoms with E-state index in [-0.39, 0.29) is 11.8 Å². The zero-order valence-electron chi connectivity index (χ0n) is 11.2. The molecule has 0 bridgehead atoms. The lowest BCUT2D eigenvalue weighted by atomic mass is 10.1. The number of rotatable bonds is 5. The van der Waals surface area contributed by atoms with Crippen molar-refractivity contribution in [2.24, 2.45) is 11.7 Å². The fourth-order valence-corrected chi connectivity index (χ4v) is 2.56. The van der Waals surface area contributed by atoms with Crippen molar-refractivity contribution in [3.8, 4) is 0 Å². The van der Waals surface area contributed by atoms with Gasteiger partial charge in [0, 0.05) is 19.0 Å². The molecule has 1 amide bonds. The van der Waals surface area contributed by atoms with Gasteiger partial charge < -0.3 is 5.73 Å². The average molecular weight is 250 g/mol. The number of carbonyl (C=O) groups excluding carboxylic acids is 1. The van der Waals surface area contributed by atoms with Crippen LogP contribution in [0.2, 0.25) is 0 Å². The van der Waals surface area contributed by atoms with Gasteiger partial charge in [0.1, 0.15) is 5.82 Å². The maximum atomic E-state index is 12.0. The van der Waals surface area contributed by atoms with E-state index >= 15 is 0 Å². The summed E-state index contributed by atoms with van der Waals surface area (Å²) in [7, 11) is 0. The molecule has 1 fully saturated rings. The van der Waals surface area contributed by atoms with E-state index in [1.165, 1.54) is 0 Å². The van der Waals surface area contributed by atoms with Crippen molar-refractivity contribution in [3.63, 3.8) is 0 Å². The molecular weight excluding hydrogens is 228 g/mol. The van der Waals surface area contributed by atoms with Crippen molar-refractivity contribution < 1.29 is 4.79 Å². The smallest absolute Gasteiger partial charge is 0.228 e. The number of hydrogen-bond acceptors (Lipinski definition) is 3. The van der Waals surface area contributed by atoms with Gasteiger partial charge in [0.05, 0.1) is 12.2 Å². The van der Waals surface area contributed by atoms with E-state index in [0.29, 0.717) is 19.0 Å². The zero-order valence-corrected chi connectivity index (χ0v) is 11.2. The molecule has 0 saturated carbocycles. The second-order valence-electron chi connectivity index (χ2n) is 5.08. The predicted octanol–water partition coefficient (Wildman–Crippen LogP) is 1.56. The lowest BCUT2D eigenvalue weighted by Gasteiger charge is -2.21. The number of nitrogens with two attached hydrogens (primary N) is 1. The summed E-state index contributed by atoms with van der Waals surface area (Å²) in [5.41, 5.74) is 5.66. The summed E-state index contributed by atoms with van der Waals surface area (Å²) in [6, 6.07) is 2.24. The van der Waals surface area contributed by atoms with Crippen LogP contribution in [0.4, 0.5) is 5.82 Å². The number of hydrogen-bond donors (Lipinski definition) is 1. The normalized spacial score (nSPS) is 21.6. The van der Waals surface area contributed by atoms with Crippen LogP contribution in [0.15, 0.2) is 12.3 Å². The Bertz CT molecular complexity index is 415. The van der Waals surface area contributed by atoms with Gasteiger partial charge >= 0.3 is 0 Å². The first-order valence-corrected chi connectivity index (χ1v) is 6.71. The molecule has 5 heteroatoms. The number of anilines is 1. The molecule has 0 aromatic carbocycles. The second-order valence-corrected chi connectivity index (χ2v) is 5.08. The summed E-state index contributed by atoms with van der Waals surface area (Å²) >= 11 is 0. The third-order valence-corrected chi connectivity index (χ3v) is 3.59. The fourth-order valence-electron chi connectivity index (χ4n) is 2.56. The quantitative estimate of drug-likeness (QED) is 0.862. The largest absolute Gasteiger partial charge is 0.330 e. The van der Waals surface area contributed by atoms with Gasteiger partial charge in [-0.2, -0.15) is 5.10 Å². The van der Waals surface area contributed by atoms with Gasteiger partial charge in [-0.05, 0) is 25.8 Å². The topological polar surface area (TPSA) is 64.2 Å². The third kappa shape index (κ3) is 2.41. The number of amides is 1. The molecule has 1 aromatic rings. The van der Waals surface area contributed by atoms with Crippen LogP contribution >= 0.6 is 0 Å². The fraction of sp³-hybridized carbons (Fsp3) is 0.692. The highest BCUT2D eigenvalue weighted by Crippen LogP contribution is 2.27. The Kier molecular flexibility index (Phi) is 4.01. The minimum absolute atomic E-state index is 0.163. The summed E-state index contributed by atoms with van der Waals surface area (Å²) < 4.78 is 1.96. The molecule has 2 unspecified atom stereocenters. The minimum atomic E-state index is 0.163. The van der Waals surface area contributed by atoms with Gasteiger partial charge in [-0.3, -0.25) is 9.69 Å². The third-order valence-electron chi connectivity index (χ3n) is 3.59. The molecule has 0 aliphatic carbocycles. The van der Waals surface area contributed by atoms with Gasteiger partial charge in [0.25, 0.3) is 0 Å². The Morgan fingerprint density at radius 1 is 1.61 bits per heavy atom. The monoisotopic (exact) mass is 250 g/mol. The Hall–Kier alpha value is -1.36. The van der Waals surface area contributed by atoms with Gasteiger partial charge in [-0.1, -0.05) is 13.3 Å². The van der Waals surface area contributed by atoms with Gasteiger partial charge in [0.2, 0.25) is 5.91 Å². The van der Waals surface area contributed by atoms with Crippen molar-refractivity contribution >= 4 is 11.7 Å². The first-order chi connectivity index (χ1) is 8.67. The Morgan fingerprint density at radius 2 is 2.39 bits per heavy atom. The summed E-state index contributed by atoms with van der Waals surface area (Å²) in [5, 5.41) is 4.36. The molecule has 2 atom stereocenters. The Labute approximate surface area is 108 Å². The van der Waals surface area contributed by atoms with Crippen LogP contribution in [-0.2, 0) is 4.79 Å². The first kappa shape index (κ1) is 13.1. The second kappa shape index (κ2) is 5.52. The van der Waals surface area contributed by atoms with Gasteiger partial charge in [-0.25, -0.2) is 4.68 Å². The summed E-state index contributed by atoms with van der Waals surface area (Å²) in [6.45, 7) is 5.59. The molecule has 1 aliphatic rings. The predicted molar refractivity (Wildman–Crippen MR) is 71.4 cm³/mol. The Balaban J connectivity index is 2.19. The molecule has 2 rings (SSSR count). The lowest BCUT2D eigenvalue weighted by molar-refractivity contribution is -0.117. The van der Waals surface area contributed by atoms with Gasteiger partial charge in [0.15, 0.2) is 0 Å². The van der Waals surface area contributed by atoms with E-state index in [1.807, 2.05) is 15.6 Å². The first-order valence-electron chi connectivity index (χ1n) is 6.71. The van der Waals surface area contributed by atoms with Crippen molar-refractivity contribution in [1.29, 1.82) is 0 Å². The molecule has 2 N–H and O–H groups in total.